The van der Waals surface area contributed by atoms with Crippen LogP contribution in [0.1, 0.15) is 103 Å². The summed E-state index contributed by atoms with van der Waals surface area (Å²) in [5, 5.41) is 25.2. The molecule has 5 aromatic rings. The Morgan fingerprint density at radius 1 is 0.790 bits per heavy atom. The number of anilines is 1. The van der Waals surface area contributed by atoms with Gasteiger partial charge in [0.2, 0.25) is 11.8 Å². The van der Waals surface area contributed by atoms with Crippen molar-refractivity contribution in [2.24, 2.45) is 11.7 Å². The Morgan fingerprint density at radius 3 is 2.03 bits per heavy atom. The number of hydrogen-bond acceptors (Lipinski definition) is 8. The lowest BCUT2D eigenvalue weighted by Crippen LogP contribution is -2.55. The van der Waals surface area contributed by atoms with Gasteiger partial charge in [0.05, 0.1) is 29.7 Å². The first-order valence-corrected chi connectivity index (χ1v) is 21.3. The monoisotopic (exact) mass is 828 g/mol. The molecule has 314 valence electrons. The maximum absolute atomic E-state index is 16.1. The Kier molecular flexibility index (Phi) is 10.7. The zero-order chi connectivity index (χ0) is 43.2. The summed E-state index contributed by atoms with van der Waals surface area (Å²) in [4.78, 5) is 63.2. The molecule has 1 spiro atoms. The first kappa shape index (κ1) is 40.7. The minimum atomic E-state index is -2.02. The Bertz CT molecular complexity index is 2570. The number of nitrogens with one attached hydrogen (secondary N) is 1. The van der Waals surface area contributed by atoms with Crippen LogP contribution >= 0.6 is 0 Å². The van der Waals surface area contributed by atoms with Gasteiger partial charge >= 0.3 is 12.0 Å². The molecule has 4 aliphatic rings. The number of morpholine rings is 1. The molecule has 3 fully saturated rings. The number of urea groups is 1. The van der Waals surface area contributed by atoms with Gasteiger partial charge in [0.1, 0.15) is 28.9 Å². The van der Waals surface area contributed by atoms with E-state index in [2.05, 4.69) is 17.2 Å². The molecule has 3 heterocycles. The molecule has 11 heteroatoms. The number of primary amides is 1. The van der Waals surface area contributed by atoms with E-state index >= 15 is 4.79 Å². The van der Waals surface area contributed by atoms with Crippen LogP contribution in [0.3, 0.4) is 0 Å². The van der Waals surface area contributed by atoms with Crippen LogP contribution in [0.15, 0.2) is 133 Å². The van der Waals surface area contributed by atoms with Crippen LogP contribution in [-0.4, -0.2) is 50.6 Å². The molecule has 4 amide bonds. The second kappa shape index (κ2) is 16.3. The Balaban J connectivity index is 1.30. The molecule has 1 saturated carbocycles. The highest BCUT2D eigenvalue weighted by Gasteiger charge is 2.75. The highest BCUT2D eigenvalue weighted by molar-refractivity contribution is 6.24. The normalized spacial score (nSPS) is 25.7. The van der Waals surface area contributed by atoms with Gasteiger partial charge in [-0.3, -0.25) is 19.3 Å². The lowest BCUT2D eigenvalue weighted by atomic mass is 9.65. The van der Waals surface area contributed by atoms with Crippen molar-refractivity contribution in [1.82, 2.24) is 10.2 Å². The molecule has 0 unspecified atom stereocenters. The number of carbonyl (C=O) groups is 4. The molecule has 1 aliphatic carbocycles. The molecule has 3 aliphatic heterocycles. The number of cyclic esters (lactones) is 1. The maximum atomic E-state index is 16.1. The van der Waals surface area contributed by atoms with Crippen LogP contribution in [0.5, 0.6) is 5.75 Å². The van der Waals surface area contributed by atoms with Gasteiger partial charge in [-0.2, -0.15) is 0 Å². The standard InChI is InChI=1S/C51H48N4O7/c1-32(34-15-7-4-8-16-34)53-49(60)54-40-26-21-33(27-30-50(61)28-13-2-3-14-29-50)31-39(40)51(48(54)59)41(46(52)57)43-47(58)62-44(36-19-11-6-12-20-36)42(35-17-9-5-10-18-35)55(43)45(51)37-22-24-38(56)25-23-37/h4-12,15-26,31-32,41-45,56,61H,2-3,13-14,28-29H2,1H3,(H2,52,57)(H,53,60)/t32-,41-,42-,43-,44+,45+,51-/m1/s1. The van der Waals surface area contributed by atoms with Crippen LogP contribution in [-0.2, 0) is 24.5 Å². The number of amides is 4. The average Bonchev–Trinajstić information content (AvgIpc) is 3.62. The fraction of sp³-hybridized carbons (Fsp3) is 0.294. The molecule has 0 radical (unpaired) electrons. The highest BCUT2D eigenvalue weighted by Crippen LogP contribution is 2.65. The smallest absolute Gasteiger partial charge is 0.329 e. The molecule has 62 heavy (non-hydrogen) atoms. The summed E-state index contributed by atoms with van der Waals surface area (Å²) >= 11 is 0. The van der Waals surface area contributed by atoms with Crippen LogP contribution in [0.25, 0.3) is 0 Å². The first-order chi connectivity index (χ1) is 30.0. The Hall–Kier alpha value is -6.74. The Morgan fingerprint density at radius 2 is 1.40 bits per heavy atom. The number of aromatic hydroxyl groups is 1. The van der Waals surface area contributed by atoms with Crippen molar-refractivity contribution in [1.29, 1.82) is 0 Å². The summed E-state index contributed by atoms with van der Waals surface area (Å²) in [6, 6.07) is 34.9. The van der Waals surface area contributed by atoms with Crippen molar-refractivity contribution >= 4 is 29.5 Å². The number of aliphatic hydroxyl groups is 1. The fourth-order valence-corrected chi connectivity index (χ4v) is 10.4. The third-order valence-corrected chi connectivity index (χ3v) is 13.2. The van der Waals surface area contributed by atoms with Gasteiger partial charge in [0.25, 0.3) is 0 Å². The first-order valence-electron chi connectivity index (χ1n) is 21.3. The Labute approximate surface area is 360 Å². The minimum absolute atomic E-state index is 0.0355. The molecule has 5 N–H and O–H groups in total. The maximum Gasteiger partial charge on any atom is 0.329 e. The van der Waals surface area contributed by atoms with Crippen LogP contribution in [0.4, 0.5) is 10.5 Å². The number of benzene rings is 5. The molecular weight excluding hydrogens is 781 g/mol. The van der Waals surface area contributed by atoms with E-state index in [0.29, 0.717) is 29.5 Å². The van der Waals surface area contributed by atoms with E-state index in [1.54, 1.807) is 30.3 Å². The molecule has 9 rings (SSSR count). The lowest BCUT2D eigenvalue weighted by Gasteiger charge is -2.46. The largest absolute Gasteiger partial charge is 0.508 e. The van der Waals surface area contributed by atoms with Gasteiger partial charge in [-0.1, -0.05) is 128 Å². The van der Waals surface area contributed by atoms with Crippen LogP contribution in [0, 0.1) is 17.8 Å². The molecule has 5 aromatic carbocycles. The summed E-state index contributed by atoms with van der Waals surface area (Å²) in [6.07, 6.45) is 3.85. The third kappa shape index (κ3) is 6.89. The van der Waals surface area contributed by atoms with Crippen molar-refractivity contribution < 1.29 is 34.1 Å². The van der Waals surface area contributed by atoms with Gasteiger partial charge in [-0.25, -0.2) is 9.69 Å². The molecule has 11 nitrogen and oxygen atoms in total. The topological polar surface area (TPSA) is 162 Å². The predicted molar refractivity (Wildman–Crippen MR) is 232 cm³/mol. The number of hydrogen-bond donors (Lipinski definition) is 4. The molecule has 2 saturated heterocycles. The van der Waals surface area contributed by atoms with E-state index in [4.69, 9.17) is 10.5 Å². The van der Waals surface area contributed by atoms with Crippen molar-refractivity contribution in [3.63, 3.8) is 0 Å². The number of rotatable bonds is 6. The number of ether oxygens (including phenoxy) is 1. The number of nitrogens with zero attached hydrogens (tertiary/aromatic N) is 2. The second-order valence-corrected chi connectivity index (χ2v) is 16.9. The van der Waals surface area contributed by atoms with Gasteiger partial charge in [0.15, 0.2) is 0 Å². The minimum Gasteiger partial charge on any atom is -0.508 e. The summed E-state index contributed by atoms with van der Waals surface area (Å²) in [5.74, 6) is 2.26. The van der Waals surface area contributed by atoms with Gasteiger partial charge < -0.3 is 26.0 Å². The van der Waals surface area contributed by atoms with Crippen molar-refractivity contribution in [2.45, 2.75) is 86.7 Å². The summed E-state index contributed by atoms with van der Waals surface area (Å²) < 4.78 is 6.41. The van der Waals surface area contributed by atoms with Crippen molar-refractivity contribution in [2.75, 3.05) is 4.90 Å². The number of imide groups is 1. The average molecular weight is 829 g/mol. The summed E-state index contributed by atoms with van der Waals surface area (Å²) in [7, 11) is 0. The molecule has 0 aromatic heterocycles. The zero-order valence-corrected chi connectivity index (χ0v) is 34.3. The fourth-order valence-electron chi connectivity index (χ4n) is 10.4. The number of carbonyl (C=O) groups excluding carboxylic acids is 4. The third-order valence-electron chi connectivity index (χ3n) is 13.2. The zero-order valence-electron chi connectivity index (χ0n) is 34.3. The summed E-state index contributed by atoms with van der Waals surface area (Å²) in [5.41, 5.74) is 6.91. The van der Waals surface area contributed by atoms with Gasteiger partial charge in [0, 0.05) is 5.56 Å². The van der Waals surface area contributed by atoms with Gasteiger partial charge in [-0.15, -0.1) is 0 Å². The highest BCUT2D eigenvalue weighted by atomic mass is 16.6. The molecule has 0 bridgehead atoms. The van der Waals surface area contributed by atoms with E-state index < -0.39 is 71.0 Å². The van der Waals surface area contributed by atoms with Crippen LogP contribution < -0.4 is 16.0 Å². The SMILES string of the molecule is C[C@@H](NC(=O)N1C(=O)[C@@]2(c3cc(C#CC4(O)CCCCCC4)ccc31)[C@H](c1ccc(O)cc1)N1[C@H](c3ccccc3)[C@H](c3ccccc3)OC(=O)[C@H]1[C@@H]2C(N)=O)c1ccccc1. The molecular formula is C51H48N4O7. The van der Waals surface area contributed by atoms with Crippen molar-refractivity contribution in [3.05, 3.63) is 167 Å². The summed E-state index contributed by atoms with van der Waals surface area (Å²) in [6.45, 7) is 1.81. The van der Waals surface area contributed by atoms with E-state index in [1.165, 1.54) is 12.1 Å². The van der Waals surface area contributed by atoms with E-state index in [-0.39, 0.29) is 17.0 Å². The van der Waals surface area contributed by atoms with E-state index in [0.717, 1.165) is 41.7 Å². The number of esters is 1. The number of fused-ring (bicyclic) bond motifs is 3. The van der Waals surface area contributed by atoms with E-state index in [9.17, 15) is 24.6 Å². The number of nitrogens with two attached hydrogens (primary N) is 1. The van der Waals surface area contributed by atoms with Crippen molar-refractivity contribution in [3.8, 4) is 17.6 Å². The number of phenolic OH excluding ortho intramolecular Hbond substituents is 1. The lowest BCUT2D eigenvalue weighted by molar-refractivity contribution is -0.178. The second-order valence-electron chi connectivity index (χ2n) is 16.9. The quantitative estimate of drug-likeness (QED) is 0.0780. The van der Waals surface area contributed by atoms with Gasteiger partial charge in [-0.05, 0) is 90.8 Å². The van der Waals surface area contributed by atoms with Crippen LogP contribution in [0.2, 0.25) is 0 Å². The predicted octanol–water partition coefficient (Wildman–Crippen LogP) is 7.45. The van der Waals surface area contributed by atoms with E-state index in [1.807, 2.05) is 103 Å². The number of phenols is 1. The molecule has 7 atom stereocenters.